The molecule has 0 aliphatic heterocycles. The molecule has 0 fully saturated rings. The molecule has 1 heterocycles. The molecule has 21 heavy (non-hydrogen) atoms. The van der Waals surface area contributed by atoms with Crippen LogP contribution in [0.4, 0.5) is 11.4 Å². The number of hydrogen-bond donors (Lipinski definition) is 2. The van der Waals surface area contributed by atoms with Gasteiger partial charge in [0.2, 0.25) is 0 Å². The van der Waals surface area contributed by atoms with Crippen LogP contribution in [0.25, 0.3) is 0 Å². The molecule has 0 saturated heterocycles. The summed E-state index contributed by atoms with van der Waals surface area (Å²) < 4.78 is 6.82. The summed E-state index contributed by atoms with van der Waals surface area (Å²) in [6.07, 6.45) is 0.786. The molecule has 112 valence electrons. The van der Waals surface area contributed by atoms with Crippen LogP contribution in [0.2, 0.25) is 0 Å². The van der Waals surface area contributed by atoms with Crippen molar-refractivity contribution in [2.45, 2.75) is 26.8 Å². The lowest BCUT2D eigenvalue weighted by Gasteiger charge is -2.10. The van der Waals surface area contributed by atoms with Gasteiger partial charge in [0.1, 0.15) is 11.4 Å². The van der Waals surface area contributed by atoms with E-state index in [-0.39, 0.29) is 5.91 Å². The molecular formula is C15H20N4O2. The third kappa shape index (κ3) is 3.16. The predicted octanol–water partition coefficient (Wildman–Crippen LogP) is 2.31. The monoisotopic (exact) mass is 288 g/mol. The minimum absolute atomic E-state index is 0.232. The maximum atomic E-state index is 12.4. The molecule has 3 N–H and O–H groups in total. The number of carbonyl (C=O) groups excluding carboxylic acids is 1. The van der Waals surface area contributed by atoms with Crippen molar-refractivity contribution in [2.24, 2.45) is 0 Å². The smallest absolute Gasteiger partial charge is 0.274 e. The third-order valence-electron chi connectivity index (χ3n) is 3.23. The van der Waals surface area contributed by atoms with Crippen LogP contribution in [0.5, 0.6) is 5.75 Å². The highest BCUT2D eigenvalue weighted by Crippen LogP contribution is 2.25. The van der Waals surface area contributed by atoms with Crippen molar-refractivity contribution in [2.75, 3.05) is 18.2 Å². The maximum absolute atomic E-state index is 12.4. The number of nitrogen functional groups attached to an aromatic ring is 1. The van der Waals surface area contributed by atoms with Gasteiger partial charge in [-0.05, 0) is 31.5 Å². The van der Waals surface area contributed by atoms with E-state index < -0.39 is 0 Å². The number of carbonyl (C=O) groups is 1. The quantitative estimate of drug-likeness (QED) is 0.827. The topological polar surface area (TPSA) is 82.2 Å². The van der Waals surface area contributed by atoms with Gasteiger partial charge in [-0.2, -0.15) is 5.10 Å². The first kappa shape index (κ1) is 14.9. The molecule has 0 radical (unpaired) electrons. The number of hydrogen-bond acceptors (Lipinski definition) is 4. The Morgan fingerprint density at radius 2 is 2.14 bits per heavy atom. The summed E-state index contributed by atoms with van der Waals surface area (Å²) in [5.74, 6) is 0.404. The molecule has 6 heteroatoms. The lowest BCUT2D eigenvalue weighted by atomic mass is 10.2. The number of ether oxygens (including phenoxy) is 1. The van der Waals surface area contributed by atoms with Gasteiger partial charge in [-0.1, -0.05) is 6.92 Å². The van der Waals surface area contributed by atoms with Crippen LogP contribution in [0, 0.1) is 0 Å². The van der Waals surface area contributed by atoms with Crippen molar-refractivity contribution in [3.63, 3.8) is 0 Å². The molecule has 0 saturated carbocycles. The first-order valence-corrected chi connectivity index (χ1v) is 6.90. The maximum Gasteiger partial charge on any atom is 0.274 e. The summed E-state index contributed by atoms with van der Waals surface area (Å²) in [4.78, 5) is 12.4. The summed E-state index contributed by atoms with van der Waals surface area (Å²) in [6, 6.07) is 6.94. The molecule has 0 atom stereocenters. The summed E-state index contributed by atoms with van der Waals surface area (Å²) >= 11 is 0. The largest absolute Gasteiger partial charge is 0.497 e. The summed E-state index contributed by atoms with van der Waals surface area (Å²) in [6.45, 7) is 4.59. The van der Waals surface area contributed by atoms with Crippen LogP contribution in [0.3, 0.4) is 0 Å². The highest BCUT2D eigenvalue weighted by Gasteiger charge is 2.15. The van der Waals surface area contributed by atoms with Crippen molar-refractivity contribution in [1.29, 1.82) is 0 Å². The minimum Gasteiger partial charge on any atom is -0.497 e. The second-order valence-electron chi connectivity index (χ2n) is 4.60. The molecule has 6 nitrogen and oxygen atoms in total. The standard InChI is InChI=1S/C15H20N4O2/c1-4-10-8-14(19(5-2)18-10)15(20)17-13-9-11(21-3)6-7-12(13)16/h6-9H,4-5,16H2,1-3H3,(H,17,20). The fourth-order valence-corrected chi connectivity index (χ4v) is 2.02. The number of benzene rings is 1. The Hall–Kier alpha value is -2.50. The van der Waals surface area contributed by atoms with Gasteiger partial charge in [0.05, 0.1) is 24.2 Å². The normalized spacial score (nSPS) is 10.4. The van der Waals surface area contributed by atoms with Gasteiger partial charge in [0, 0.05) is 12.6 Å². The summed E-state index contributed by atoms with van der Waals surface area (Å²) in [7, 11) is 1.57. The Kier molecular flexibility index (Phi) is 4.47. The van der Waals surface area contributed by atoms with Gasteiger partial charge in [-0.15, -0.1) is 0 Å². The molecule has 0 bridgehead atoms. The van der Waals surface area contributed by atoms with Crippen molar-refractivity contribution in [3.05, 3.63) is 35.7 Å². The van der Waals surface area contributed by atoms with E-state index in [1.54, 1.807) is 36.1 Å². The Morgan fingerprint density at radius 3 is 2.76 bits per heavy atom. The van der Waals surface area contributed by atoms with Gasteiger partial charge in [0.25, 0.3) is 5.91 Å². The van der Waals surface area contributed by atoms with Gasteiger partial charge in [-0.3, -0.25) is 9.48 Å². The lowest BCUT2D eigenvalue weighted by molar-refractivity contribution is 0.101. The molecule has 1 aromatic carbocycles. The number of nitrogens with two attached hydrogens (primary N) is 1. The van der Waals surface area contributed by atoms with Gasteiger partial charge >= 0.3 is 0 Å². The second-order valence-corrected chi connectivity index (χ2v) is 4.60. The molecule has 0 unspecified atom stereocenters. The fourth-order valence-electron chi connectivity index (χ4n) is 2.02. The van der Waals surface area contributed by atoms with E-state index in [1.807, 2.05) is 13.8 Å². The van der Waals surface area contributed by atoms with E-state index in [0.717, 1.165) is 12.1 Å². The summed E-state index contributed by atoms with van der Waals surface area (Å²) in [5, 5.41) is 7.17. The molecule has 1 aromatic heterocycles. The van der Waals surface area contributed by atoms with Crippen LogP contribution in [0.15, 0.2) is 24.3 Å². The van der Waals surface area contributed by atoms with Crippen molar-refractivity contribution >= 4 is 17.3 Å². The number of nitrogens with zero attached hydrogens (tertiary/aromatic N) is 2. The van der Waals surface area contributed by atoms with E-state index in [0.29, 0.717) is 29.4 Å². The Labute approximate surface area is 123 Å². The Morgan fingerprint density at radius 1 is 1.38 bits per heavy atom. The number of nitrogens with one attached hydrogen (secondary N) is 1. The molecule has 0 aliphatic rings. The van der Waals surface area contributed by atoms with Gasteiger partial charge in [0.15, 0.2) is 0 Å². The van der Waals surface area contributed by atoms with Crippen molar-refractivity contribution < 1.29 is 9.53 Å². The molecule has 0 spiro atoms. The van der Waals surface area contributed by atoms with E-state index in [9.17, 15) is 4.79 Å². The van der Waals surface area contributed by atoms with Gasteiger partial charge in [-0.25, -0.2) is 0 Å². The number of amides is 1. The predicted molar refractivity (Wildman–Crippen MR) is 82.6 cm³/mol. The minimum atomic E-state index is -0.232. The van der Waals surface area contributed by atoms with Crippen LogP contribution in [0.1, 0.15) is 30.0 Å². The Balaban J connectivity index is 2.27. The first-order chi connectivity index (χ1) is 10.1. The highest BCUT2D eigenvalue weighted by atomic mass is 16.5. The zero-order valence-electron chi connectivity index (χ0n) is 12.5. The zero-order valence-corrected chi connectivity index (χ0v) is 12.5. The SMILES string of the molecule is CCc1cc(C(=O)Nc2cc(OC)ccc2N)n(CC)n1. The van der Waals surface area contributed by atoms with E-state index in [4.69, 9.17) is 10.5 Å². The third-order valence-corrected chi connectivity index (χ3v) is 3.23. The number of aryl methyl sites for hydroxylation is 2. The molecular weight excluding hydrogens is 268 g/mol. The number of aromatic nitrogens is 2. The van der Waals surface area contributed by atoms with E-state index in [1.165, 1.54) is 0 Å². The first-order valence-electron chi connectivity index (χ1n) is 6.90. The van der Waals surface area contributed by atoms with Gasteiger partial charge < -0.3 is 15.8 Å². The zero-order chi connectivity index (χ0) is 15.4. The number of methoxy groups -OCH3 is 1. The van der Waals surface area contributed by atoms with E-state index >= 15 is 0 Å². The summed E-state index contributed by atoms with van der Waals surface area (Å²) in [5.41, 5.74) is 8.31. The van der Waals surface area contributed by atoms with E-state index in [2.05, 4.69) is 10.4 Å². The van der Waals surface area contributed by atoms with Crippen LogP contribution >= 0.6 is 0 Å². The van der Waals surface area contributed by atoms with Crippen molar-refractivity contribution in [3.8, 4) is 5.75 Å². The molecule has 0 aliphatic carbocycles. The van der Waals surface area contributed by atoms with Crippen LogP contribution in [-0.2, 0) is 13.0 Å². The Bertz CT molecular complexity index is 649. The number of rotatable bonds is 5. The molecule has 2 aromatic rings. The lowest BCUT2D eigenvalue weighted by Crippen LogP contribution is -2.18. The number of anilines is 2. The highest BCUT2D eigenvalue weighted by molar-refractivity contribution is 6.04. The van der Waals surface area contributed by atoms with Crippen LogP contribution < -0.4 is 15.8 Å². The van der Waals surface area contributed by atoms with Crippen molar-refractivity contribution in [1.82, 2.24) is 9.78 Å². The fraction of sp³-hybridized carbons (Fsp3) is 0.333. The van der Waals surface area contributed by atoms with Crippen LogP contribution in [-0.4, -0.2) is 22.8 Å². The average Bonchev–Trinajstić information content (AvgIpc) is 2.93. The average molecular weight is 288 g/mol. The molecule has 2 rings (SSSR count). The molecule has 1 amide bonds. The second kappa shape index (κ2) is 6.30.